The minimum Gasteiger partial charge on any atom is -0.473 e. The Morgan fingerprint density at radius 3 is 2.45 bits per heavy atom. The van der Waals surface area contributed by atoms with Crippen molar-refractivity contribution in [1.82, 2.24) is 9.88 Å². The predicted molar refractivity (Wildman–Crippen MR) is 109 cm³/mol. The maximum Gasteiger partial charge on any atom is 0.414 e. The van der Waals surface area contributed by atoms with Gasteiger partial charge in [0.1, 0.15) is 0 Å². The van der Waals surface area contributed by atoms with Crippen molar-refractivity contribution >= 4 is 22.8 Å². The van der Waals surface area contributed by atoms with Crippen LogP contribution in [0.1, 0.15) is 11.1 Å². The Kier molecular flexibility index (Phi) is 6.99. The maximum absolute atomic E-state index is 9.10. The summed E-state index contributed by atoms with van der Waals surface area (Å²) in [6.07, 6.45) is 3.42. The fraction of sp³-hybridized carbons (Fsp3) is 0.273. The highest BCUT2D eigenvalue weighted by atomic mass is 16.5. The monoisotopic (exact) mass is 396 g/mol. The summed E-state index contributed by atoms with van der Waals surface area (Å²) < 4.78 is 5.97. The van der Waals surface area contributed by atoms with Crippen LogP contribution in [0.5, 0.6) is 0 Å². The molecule has 1 saturated heterocycles. The molecule has 2 heterocycles. The van der Waals surface area contributed by atoms with Crippen LogP contribution >= 0.6 is 0 Å². The predicted octanol–water partition coefficient (Wildman–Crippen LogP) is 2.77. The second-order valence-corrected chi connectivity index (χ2v) is 6.89. The zero-order valence-electron chi connectivity index (χ0n) is 16.0. The van der Waals surface area contributed by atoms with E-state index in [1.54, 1.807) is 0 Å². The first-order valence-electron chi connectivity index (χ1n) is 9.42. The summed E-state index contributed by atoms with van der Waals surface area (Å²) in [6, 6.07) is 19.1. The number of nitrogens with one attached hydrogen (secondary N) is 1. The molecule has 0 saturated carbocycles. The molecule has 0 bridgehead atoms. The van der Waals surface area contributed by atoms with Crippen LogP contribution in [0.4, 0.5) is 0 Å². The summed E-state index contributed by atoms with van der Waals surface area (Å²) in [4.78, 5) is 24.1. The Hall–Kier alpha value is -3.16. The topological polar surface area (TPSA) is 103 Å². The van der Waals surface area contributed by atoms with Gasteiger partial charge in [-0.1, -0.05) is 48.5 Å². The summed E-state index contributed by atoms with van der Waals surface area (Å²) in [7, 11) is 0. The van der Waals surface area contributed by atoms with Crippen LogP contribution in [0.25, 0.3) is 10.9 Å². The van der Waals surface area contributed by atoms with Crippen LogP contribution in [0.3, 0.4) is 0 Å². The third kappa shape index (κ3) is 5.91. The lowest BCUT2D eigenvalue weighted by Gasteiger charge is -2.33. The molecule has 4 rings (SSSR count). The number of rotatable bonds is 4. The van der Waals surface area contributed by atoms with Crippen LogP contribution in [0.15, 0.2) is 60.8 Å². The van der Waals surface area contributed by atoms with Gasteiger partial charge in [0.2, 0.25) is 0 Å². The Morgan fingerprint density at radius 2 is 1.72 bits per heavy atom. The molecule has 0 spiro atoms. The lowest BCUT2D eigenvalue weighted by Crippen LogP contribution is -2.42. The van der Waals surface area contributed by atoms with Gasteiger partial charge in [-0.05, 0) is 23.6 Å². The molecule has 1 fully saturated rings. The number of aromatic amines is 1. The number of aromatic nitrogens is 1. The number of nitrogens with zero attached hydrogens (tertiary/aromatic N) is 1. The van der Waals surface area contributed by atoms with Crippen LogP contribution in [0.2, 0.25) is 0 Å². The van der Waals surface area contributed by atoms with Crippen molar-refractivity contribution in [2.24, 2.45) is 0 Å². The summed E-state index contributed by atoms with van der Waals surface area (Å²) in [6.45, 7) is 3.80. The Bertz CT molecular complexity index is 942. The lowest BCUT2D eigenvalue weighted by molar-refractivity contribution is -0.159. The molecule has 0 amide bonds. The molecule has 29 heavy (non-hydrogen) atoms. The number of benzene rings is 2. The van der Waals surface area contributed by atoms with Gasteiger partial charge in [-0.2, -0.15) is 0 Å². The third-order valence-corrected chi connectivity index (χ3v) is 4.78. The number of H-pyrrole nitrogens is 1. The molecular formula is C22H24N2O5. The number of fused-ring (bicyclic) bond motifs is 1. The minimum absolute atomic E-state index is 0.288. The van der Waals surface area contributed by atoms with Gasteiger partial charge >= 0.3 is 11.9 Å². The second kappa shape index (κ2) is 9.86. The first-order valence-corrected chi connectivity index (χ1v) is 9.42. The normalized spacial score (nSPS) is 16.8. The highest BCUT2D eigenvalue weighted by Crippen LogP contribution is 2.21. The van der Waals surface area contributed by atoms with Gasteiger partial charge < -0.3 is 19.9 Å². The van der Waals surface area contributed by atoms with E-state index in [0.717, 1.165) is 32.7 Å². The molecule has 1 aliphatic heterocycles. The molecule has 2 aromatic carbocycles. The van der Waals surface area contributed by atoms with Gasteiger partial charge in [0.25, 0.3) is 0 Å². The van der Waals surface area contributed by atoms with Gasteiger partial charge in [-0.3, -0.25) is 4.90 Å². The van der Waals surface area contributed by atoms with E-state index in [1.807, 2.05) is 0 Å². The van der Waals surface area contributed by atoms with Crippen molar-refractivity contribution in [3.8, 4) is 0 Å². The molecule has 1 unspecified atom stereocenters. The number of hydrogen-bond donors (Lipinski definition) is 3. The van der Waals surface area contributed by atoms with E-state index < -0.39 is 11.9 Å². The number of ether oxygens (including phenoxy) is 1. The molecule has 3 N–H and O–H groups in total. The number of para-hydroxylation sites is 1. The van der Waals surface area contributed by atoms with E-state index in [4.69, 9.17) is 24.5 Å². The van der Waals surface area contributed by atoms with Gasteiger partial charge in [-0.15, -0.1) is 0 Å². The Balaban J connectivity index is 0.000000353. The van der Waals surface area contributed by atoms with Gasteiger partial charge in [0, 0.05) is 36.7 Å². The van der Waals surface area contributed by atoms with Crippen molar-refractivity contribution in [3.63, 3.8) is 0 Å². The van der Waals surface area contributed by atoms with Crippen molar-refractivity contribution < 1.29 is 24.5 Å². The summed E-state index contributed by atoms with van der Waals surface area (Å²) in [5, 5.41) is 16.1. The molecule has 0 radical (unpaired) electrons. The average molecular weight is 396 g/mol. The highest BCUT2D eigenvalue weighted by Gasteiger charge is 2.21. The van der Waals surface area contributed by atoms with Crippen molar-refractivity contribution in [3.05, 3.63) is 71.9 Å². The van der Waals surface area contributed by atoms with E-state index >= 15 is 0 Å². The van der Waals surface area contributed by atoms with Crippen molar-refractivity contribution in [1.29, 1.82) is 0 Å². The van der Waals surface area contributed by atoms with Crippen LogP contribution < -0.4 is 0 Å². The van der Waals surface area contributed by atoms with E-state index in [9.17, 15) is 0 Å². The number of hydrogen-bond acceptors (Lipinski definition) is 4. The highest BCUT2D eigenvalue weighted by molar-refractivity contribution is 6.27. The number of carboxylic acids is 2. The van der Waals surface area contributed by atoms with E-state index in [-0.39, 0.29) is 6.10 Å². The molecule has 1 aliphatic rings. The minimum atomic E-state index is -1.82. The zero-order chi connectivity index (χ0) is 20.6. The maximum atomic E-state index is 9.10. The van der Waals surface area contributed by atoms with Gasteiger partial charge in [0.05, 0.1) is 12.7 Å². The quantitative estimate of drug-likeness (QED) is 0.586. The van der Waals surface area contributed by atoms with Crippen molar-refractivity contribution in [2.45, 2.75) is 19.1 Å². The molecule has 152 valence electrons. The first-order chi connectivity index (χ1) is 14.0. The smallest absolute Gasteiger partial charge is 0.414 e. The molecule has 0 aliphatic carbocycles. The van der Waals surface area contributed by atoms with E-state index in [1.165, 1.54) is 22.0 Å². The standard InChI is InChI=1S/C20H22N2O.C2H2O4/c1-2-6-16(7-3-1)12-18-15-22(10-11-23-18)14-17-13-21-20-9-5-4-8-19(17)20;3-1(4)2(5)6/h1-9,13,18,21H,10-12,14-15H2;(H,3,4)(H,5,6). The summed E-state index contributed by atoms with van der Waals surface area (Å²) >= 11 is 0. The van der Waals surface area contributed by atoms with Crippen LogP contribution in [0, 0.1) is 0 Å². The first kappa shape index (κ1) is 20.6. The average Bonchev–Trinajstić information content (AvgIpc) is 3.12. The molecule has 1 atom stereocenters. The largest absolute Gasteiger partial charge is 0.473 e. The fourth-order valence-corrected chi connectivity index (χ4v) is 3.43. The fourth-order valence-electron chi connectivity index (χ4n) is 3.43. The van der Waals surface area contributed by atoms with Crippen molar-refractivity contribution in [2.75, 3.05) is 19.7 Å². The number of carbonyl (C=O) groups is 2. The Morgan fingerprint density at radius 1 is 1.03 bits per heavy atom. The van der Waals surface area contributed by atoms with Crippen LogP contribution in [-0.4, -0.2) is 57.8 Å². The molecule has 7 heteroatoms. The van der Waals surface area contributed by atoms with E-state index in [0.29, 0.717) is 0 Å². The zero-order valence-corrected chi connectivity index (χ0v) is 16.0. The van der Waals surface area contributed by atoms with Gasteiger partial charge in [0.15, 0.2) is 0 Å². The SMILES string of the molecule is O=C(O)C(=O)O.c1ccc(CC2CN(Cc3c[nH]c4ccccc34)CCO2)cc1. The molecular weight excluding hydrogens is 372 g/mol. The molecule has 3 aromatic rings. The summed E-state index contributed by atoms with van der Waals surface area (Å²) in [5.74, 6) is -3.65. The number of aliphatic carboxylic acids is 2. The summed E-state index contributed by atoms with van der Waals surface area (Å²) in [5.41, 5.74) is 3.95. The lowest BCUT2D eigenvalue weighted by atomic mass is 10.1. The second-order valence-electron chi connectivity index (χ2n) is 6.89. The van der Waals surface area contributed by atoms with Gasteiger partial charge in [-0.25, -0.2) is 9.59 Å². The van der Waals surface area contributed by atoms with Crippen LogP contribution in [-0.2, 0) is 27.3 Å². The van der Waals surface area contributed by atoms with E-state index in [2.05, 4.69) is 70.7 Å². The molecule has 7 nitrogen and oxygen atoms in total. The molecule has 1 aromatic heterocycles. The Labute approximate surface area is 168 Å². The number of morpholine rings is 1. The number of carboxylic acid groups (broad SMARTS) is 2. The third-order valence-electron chi connectivity index (χ3n) is 4.78.